The van der Waals surface area contributed by atoms with Gasteiger partial charge in [-0.25, -0.2) is 0 Å². The highest BCUT2D eigenvalue weighted by molar-refractivity contribution is 7.98. The van der Waals surface area contributed by atoms with Crippen molar-refractivity contribution in [2.45, 2.75) is 25.4 Å². The van der Waals surface area contributed by atoms with E-state index in [9.17, 15) is 9.59 Å². The molecule has 0 heterocycles. The van der Waals surface area contributed by atoms with Gasteiger partial charge in [-0.05, 0) is 50.6 Å². The Kier molecular flexibility index (Phi) is 12.3. The van der Waals surface area contributed by atoms with E-state index in [1.165, 1.54) is 6.07 Å². The Morgan fingerprint density at radius 1 is 1.28 bits per heavy atom. The van der Waals surface area contributed by atoms with E-state index in [2.05, 4.69) is 16.0 Å². The normalized spacial score (nSPS) is 12.7. The molecule has 1 aromatic carbocycles. The quantitative estimate of drug-likeness (QED) is 0.565. The summed E-state index contributed by atoms with van der Waals surface area (Å²) in [5.41, 5.74) is 0.298. The summed E-state index contributed by atoms with van der Waals surface area (Å²) in [7, 11) is 1.83. The molecule has 0 aliphatic heterocycles. The fraction of sp³-hybridized carbons (Fsp3) is 0.500. The molecule has 5 nitrogen and oxygen atoms in total. The van der Waals surface area contributed by atoms with Gasteiger partial charge < -0.3 is 16.0 Å². The first-order valence-electron chi connectivity index (χ1n) is 7.58. The third kappa shape index (κ3) is 8.51. The van der Waals surface area contributed by atoms with Crippen LogP contribution >= 0.6 is 47.4 Å². The largest absolute Gasteiger partial charge is 0.353 e. The Balaban J connectivity index is 0.00000576. The zero-order valence-electron chi connectivity index (χ0n) is 14.4. The van der Waals surface area contributed by atoms with Crippen molar-refractivity contribution in [1.29, 1.82) is 0 Å². The lowest BCUT2D eigenvalue weighted by molar-refractivity contribution is -0.123. The van der Waals surface area contributed by atoms with Gasteiger partial charge >= 0.3 is 0 Å². The van der Waals surface area contributed by atoms with Gasteiger partial charge in [0.05, 0.1) is 10.6 Å². The molecular formula is C16H24Cl3N3O2S. The maximum Gasteiger partial charge on any atom is 0.253 e. The number of hydrogen-bond donors (Lipinski definition) is 3. The molecular weight excluding hydrogens is 405 g/mol. The molecule has 0 fully saturated rings. The molecule has 0 radical (unpaired) electrons. The fourth-order valence-electron chi connectivity index (χ4n) is 1.89. The van der Waals surface area contributed by atoms with Gasteiger partial charge in [0.25, 0.3) is 5.91 Å². The molecule has 0 bridgehead atoms. The Morgan fingerprint density at radius 2 is 1.96 bits per heavy atom. The molecule has 2 unspecified atom stereocenters. The molecule has 3 N–H and O–H groups in total. The summed E-state index contributed by atoms with van der Waals surface area (Å²) in [4.78, 5) is 24.8. The maximum atomic E-state index is 12.4. The van der Waals surface area contributed by atoms with Crippen LogP contribution in [0.1, 0.15) is 23.7 Å². The number of carbonyl (C=O) groups excluding carboxylic acids is 2. The van der Waals surface area contributed by atoms with E-state index in [-0.39, 0.29) is 35.3 Å². The molecule has 25 heavy (non-hydrogen) atoms. The lowest BCUT2D eigenvalue weighted by Gasteiger charge is -2.20. The predicted octanol–water partition coefficient (Wildman–Crippen LogP) is 2.99. The number of carbonyl (C=O) groups is 2. The zero-order chi connectivity index (χ0) is 18.1. The Bertz CT molecular complexity index is 576. The van der Waals surface area contributed by atoms with Crippen molar-refractivity contribution in [3.05, 3.63) is 33.8 Å². The Hall–Kier alpha value is -0.660. The molecule has 0 saturated heterocycles. The third-order valence-electron chi connectivity index (χ3n) is 3.48. The van der Waals surface area contributed by atoms with Crippen LogP contribution < -0.4 is 16.0 Å². The highest BCUT2D eigenvalue weighted by Crippen LogP contribution is 2.21. The van der Waals surface area contributed by atoms with Gasteiger partial charge in [-0.1, -0.05) is 23.2 Å². The molecule has 142 valence electrons. The second-order valence-electron chi connectivity index (χ2n) is 5.37. The number of halogens is 3. The van der Waals surface area contributed by atoms with Crippen molar-refractivity contribution in [1.82, 2.24) is 16.0 Å². The van der Waals surface area contributed by atoms with Crippen molar-refractivity contribution in [3.8, 4) is 0 Å². The SMILES string of the molecule is CNC(C)CNC(=O)C(CCSC)NC(=O)c1ccc(Cl)cc1Cl.Cl. The van der Waals surface area contributed by atoms with Gasteiger partial charge in [0, 0.05) is 17.6 Å². The number of amides is 2. The predicted molar refractivity (Wildman–Crippen MR) is 109 cm³/mol. The van der Waals surface area contributed by atoms with Crippen LogP contribution in [-0.4, -0.2) is 49.5 Å². The van der Waals surface area contributed by atoms with Crippen LogP contribution in [0, 0.1) is 0 Å². The number of thioether (sulfide) groups is 1. The third-order valence-corrected chi connectivity index (χ3v) is 4.68. The molecule has 2 amide bonds. The topological polar surface area (TPSA) is 70.2 Å². The van der Waals surface area contributed by atoms with E-state index in [0.717, 1.165) is 5.75 Å². The molecule has 9 heteroatoms. The minimum atomic E-state index is -0.610. The Labute approximate surface area is 169 Å². The monoisotopic (exact) mass is 427 g/mol. The minimum Gasteiger partial charge on any atom is -0.353 e. The number of likely N-dealkylation sites (N-methyl/N-ethyl adjacent to an activating group) is 1. The van der Waals surface area contributed by atoms with Crippen LogP contribution in [0.3, 0.4) is 0 Å². The van der Waals surface area contributed by atoms with E-state index in [4.69, 9.17) is 23.2 Å². The number of hydrogen-bond acceptors (Lipinski definition) is 4. The van der Waals surface area contributed by atoms with Crippen LogP contribution in [0.4, 0.5) is 0 Å². The summed E-state index contributed by atoms with van der Waals surface area (Å²) >= 11 is 13.5. The molecule has 0 aliphatic rings. The molecule has 0 saturated carbocycles. The van der Waals surface area contributed by atoms with E-state index in [1.807, 2.05) is 20.2 Å². The van der Waals surface area contributed by atoms with E-state index in [1.54, 1.807) is 23.9 Å². The van der Waals surface area contributed by atoms with Crippen molar-refractivity contribution in [2.24, 2.45) is 0 Å². The molecule has 0 aliphatic carbocycles. The van der Waals surface area contributed by atoms with Crippen LogP contribution in [0.2, 0.25) is 10.0 Å². The summed E-state index contributed by atoms with van der Waals surface area (Å²) in [5, 5.41) is 9.36. The Morgan fingerprint density at radius 3 is 2.52 bits per heavy atom. The summed E-state index contributed by atoms with van der Waals surface area (Å²) in [6.07, 6.45) is 2.49. The lowest BCUT2D eigenvalue weighted by Crippen LogP contribution is -2.49. The van der Waals surface area contributed by atoms with Crippen LogP contribution in [0.5, 0.6) is 0 Å². The van der Waals surface area contributed by atoms with E-state index in [0.29, 0.717) is 23.6 Å². The maximum absolute atomic E-state index is 12.4. The summed E-state index contributed by atoms with van der Waals surface area (Å²) < 4.78 is 0. The van der Waals surface area contributed by atoms with Crippen molar-refractivity contribution in [3.63, 3.8) is 0 Å². The summed E-state index contributed by atoms with van der Waals surface area (Å²) in [5.74, 6) is 0.165. The molecule has 1 rings (SSSR count). The number of rotatable bonds is 9. The summed E-state index contributed by atoms with van der Waals surface area (Å²) in [6.45, 7) is 2.45. The standard InChI is InChI=1S/C16H23Cl2N3O2S.ClH/c1-10(19-2)9-20-16(23)14(6-7-24-3)21-15(22)12-5-4-11(17)8-13(12)18;/h4-5,8,10,14,19H,6-7,9H2,1-3H3,(H,20,23)(H,21,22);1H. The minimum absolute atomic E-state index is 0. The van der Waals surface area contributed by atoms with Crippen LogP contribution in [0.15, 0.2) is 18.2 Å². The molecule has 0 spiro atoms. The van der Waals surface area contributed by atoms with Gasteiger partial charge in [-0.3, -0.25) is 9.59 Å². The van der Waals surface area contributed by atoms with Crippen molar-refractivity contribution in [2.75, 3.05) is 25.6 Å². The van der Waals surface area contributed by atoms with Crippen molar-refractivity contribution < 1.29 is 9.59 Å². The smallest absolute Gasteiger partial charge is 0.253 e. The number of nitrogens with one attached hydrogen (secondary N) is 3. The average molecular weight is 429 g/mol. The van der Waals surface area contributed by atoms with Gasteiger partial charge in [0.2, 0.25) is 5.91 Å². The fourth-order valence-corrected chi connectivity index (χ4v) is 2.86. The number of benzene rings is 1. The van der Waals surface area contributed by atoms with Gasteiger partial charge in [-0.15, -0.1) is 12.4 Å². The van der Waals surface area contributed by atoms with Crippen molar-refractivity contribution >= 4 is 59.2 Å². The van der Waals surface area contributed by atoms with E-state index >= 15 is 0 Å². The second-order valence-corrected chi connectivity index (χ2v) is 7.20. The highest BCUT2D eigenvalue weighted by Gasteiger charge is 2.22. The summed E-state index contributed by atoms with van der Waals surface area (Å²) in [6, 6.07) is 4.18. The van der Waals surface area contributed by atoms with E-state index < -0.39 is 6.04 Å². The van der Waals surface area contributed by atoms with Gasteiger partial charge in [-0.2, -0.15) is 11.8 Å². The molecule has 2 atom stereocenters. The highest BCUT2D eigenvalue weighted by atomic mass is 35.5. The van der Waals surface area contributed by atoms with Crippen LogP contribution in [0.25, 0.3) is 0 Å². The second kappa shape index (κ2) is 12.7. The average Bonchev–Trinajstić information content (AvgIpc) is 2.55. The first-order valence-corrected chi connectivity index (χ1v) is 9.73. The lowest BCUT2D eigenvalue weighted by atomic mass is 10.1. The zero-order valence-corrected chi connectivity index (χ0v) is 17.5. The molecule has 0 aromatic heterocycles. The first-order chi connectivity index (χ1) is 11.4. The van der Waals surface area contributed by atoms with Gasteiger partial charge in [0.1, 0.15) is 6.04 Å². The first kappa shape index (κ1) is 24.3. The van der Waals surface area contributed by atoms with Crippen LogP contribution in [-0.2, 0) is 4.79 Å². The van der Waals surface area contributed by atoms with Gasteiger partial charge in [0.15, 0.2) is 0 Å². The molecule has 1 aromatic rings.